The quantitative estimate of drug-likeness (QED) is 0.886. The van der Waals surface area contributed by atoms with Crippen LogP contribution >= 0.6 is 0 Å². The third-order valence-electron chi connectivity index (χ3n) is 4.87. The van der Waals surface area contributed by atoms with Crippen molar-refractivity contribution in [3.8, 4) is 0 Å². The molecule has 2 N–H and O–H groups in total. The first-order valence-electron chi connectivity index (χ1n) is 7.73. The fourth-order valence-corrected chi connectivity index (χ4v) is 3.20. The van der Waals surface area contributed by atoms with Gasteiger partial charge in [0, 0.05) is 24.8 Å². The molecule has 126 valence electrons. The van der Waals surface area contributed by atoms with Crippen LogP contribution in [0.2, 0.25) is 0 Å². The molecule has 1 saturated carbocycles. The van der Waals surface area contributed by atoms with Crippen LogP contribution in [0.5, 0.6) is 0 Å². The molecule has 1 aliphatic heterocycles. The molecular weight excluding hydrogens is 309 g/mol. The lowest BCUT2D eigenvalue weighted by Crippen LogP contribution is -2.41. The van der Waals surface area contributed by atoms with E-state index in [9.17, 15) is 18.0 Å². The number of carboxylic acid groups (broad SMARTS) is 1. The Morgan fingerprint density at radius 3 is 2.17 bits per heavy atom. The summed E-state index contributed by atoms with van der Waals surface area (Å²) in [5.74, 6) is 0. The number of hydrogen-bond donors (Lipinski definition) is 2. The van der Waals surface area contributed by atoms with Crippen LogP contribution in [0.1, 0.15) is 31.2 Å². The number of hydrogen-bond acceptors (Lipinski definition) is 2. The van der Waals surface area contributed by atoms with Crippen molar-refractivity contribution in [2.75, 3.05) is 18.4 Å². The Morgan fingerprint density at radius 2 is 1.74 bits per heavy atom. The number of likely N-dealkylation sites (tertiary alicyclic amines) is 1. The first kappa shape index (κ1) is 16.0. The summed E-state index contributed by atoms with van der Waals surface area (Å²) in [6.07, 6.45) is -3.38. The summed E-state index contributed by atoms with van der Waals surface area (Å²) < 4.78 is 39.3. The monoisotopic (exact) mass is 328 g/mol. The van der Waals surface area contributed by atoms with Crippen molar-refractivity contribution >= 4 is 11.8 Å². The first-order chi connectivity index (χ1) is 10.8. The van der Waals surface area contributed by atoms with Gasteiger partial charge in [0.05, 0.1) is 5.41 Å². The zero-order valence-corrected chi connectivity index (χ0v) is 12.6. The minimum atomic E-state index is -4.19. The van der Waals surface area contributed by atoms with Crippen LogP contribution < -0.4 is 5.32 Å². The Bertz CT molecular complexity index is 574. The summed E-state index contributed by atoms with van der Waals surface area (Å²) in [4.78, 5) is 12.2. The molecule has 1 aromatic rings. The second kappa shape index (κ2) is 5.62. The molecule has 3 rings (SSSR count). The average molecular weight is 328 g/mol. The summed E-state index contributed by atoms with van der Waals surface area (Å²) in [5.41, 5.74) is -0.532. The molecule has 4 nitrogen and oxygen atoms in total. The van der Waals surface area contributed by atoms with Gasteiger partial charge in [0.1, 0.15) is 0 Å². The van der Waals surface area contributed by atoms with Crippen LogP contribution in [-0.2, 0) is 5.41 Å². The SMILES string of the molecule is O=C(O)N1CCC(Nc2ccc(C3(C(F)(F)F)CC3)cc2)CC1. The van der Waals surface area contributed by atoms with Crippen LogP contribution in [0.15, 0.2) is 24.3 Å². The third kappa shape index (κ3) is 3.09. The fourth-order valence-electron chi connectivity index (χ4n) is 3.20. The van der Waals surface area contributed by atoms with Gasteiger partial charge in [-0.15, -0.1) is 0 Å². The lowest BCUT2D eigenvalue weighted by molar-refractivity contribution is -0.160. The topological polar surface area (TPSA) is 52.6 Å². The predicted molar refractivity (Wildman–Crippen MR) is 79.7 cm³/mol. The highest BCUT2D eigenvalue weighted by atomic mass is 19.4. The smallest absolute Gasteiger partial charge is 0.407 e. The van der Waals surface area contributed by atoms with Crippen molar-refractivity contribution in [1.82, 2.24) is 4.90 Å². The molecule has 7 heteroatoms. The Morgan fingerprint density at radius 1 is 1.17 bits per heavy atom. The van der Waals surface area contributed by atoms with Crippen LogP contribution in [0, 0.1) is 0 Å². The molecule has 2 fully saturated rings. The Labute approximate surface area is 132 Å². The molecule has 1 saturated heterocycles. The fraction of sp³-hybridized carbons (Fsp3) is 0.562. The van der Waals surface area contributed by atoms with E-state index in [1.807, 2.05) is 0 Å². The van der Waals surface area contributed by atoms with Gasteiger partial charge < -0.3 is 15.3 Å². The van der Waals surface area contributed by atoms with E-state index >= 15 is 0 Å². The number of nitrogens with zero attached hydrogens (tertiary/aromatic N) is 1. The molecule has 1 amide bonds. The zero-order valence-electron chi connectivity index (χ0n) is 12.6. The molecule has 2 aliphatic rings. The summed E-state index contributed by atoms with van der Waals surface area (Å²) in [5, 5.41) is 12.2. The summed E-state index contributed by atoms with van der Waals surface area (Å²) in [6, 6.07) is 6.62. The van der Waals surface area contributed by atoms with Gasteiger partial charge in [-0.05, 0) is 43.4 Å². The van der Waals surface area contributed by atoms with E-state index in [1.54, 1.807) is 24.3 Å². The maximum Gasteiger partial charge on any atom is 0.407 e. The van der Waals surface area contributed by atoms with E-state index < -0.39 is 17.7 Å². The van der Waals surface area contributed by atoms with Crippen LogP contribution in [-0.4, -0.2) is 41.4 Å². The zero-order chi connectivity index (χ0) is 16.7. The van der Waals surface area contributed by atoms with Gasteiger partial charge in [-0.1, -0.05) is 12.1 Å². The van der Waals surface area contributed by atoms with E-state index in [-0.39, 0.29) is 18.9 Å². The number of carbonyl (C=O) groups is 1. The average Bonchev–Trinajstić information content (AvgIpc) is 3.30. The van der Waals surface area contributed by atoms with Gasteiger partial charge in [0.15, 0.2) is 0 Å². The van der Waals surface area contributed by atoms with E-state index in [2.05, 4.69) is 5.32 Å². The number of halogens is 3. The number of nitrogens with one attached hydrogen (secondary N) is 1. The van der Waals surface area contributed by atoms with Crippen LogP contribution in [0.3, 0.4) is 0 Å². The van der Waals surface area contributed by atoms with Gasteiger partial charge >= 0.3 is 12.3 Å². The van der Waals surface area contributed by atoms with Crippen molar-refractivity contribution in [2.24, 2.45) is 0 Å². The molecule has 0 spiro atoms. The second-order valence-corrected chi connectivity index (χ2v) is 6.35. The third-order valence-corrected chi connectivity index (χ3v) is 4.87. The summed E-state index contributed by atoms with van der Waals surface area (Å²) in [6.45, 7) is 0.949. The number of benzene rings is 1. The highest BCUT2D eigenvalue weighted by Crippen LogP contribution is 2.58. The molecule has 1 aliphatic carbocycles. The second-order valence-electron chi connectivity index (χ2n) is 6.35. The van der Waals surface area contributed by atoms with E-state index in [1.165, 1.54) is 4.90 Å². The number of alkyl halides is 3. The molecule has 0 radical (unpaired) electrons. The Hall–Kier alpha value is -1.92. The van der Waals surface area contributed by atoms with Gasteiger partial charge in [-0.3, -0.25) is 0 Å². The van der Waals surface area contributed by atoms with Gasteiger partial charge in [-0.25, -0.2) is 4.79 Å². The highest BCUT2D eigenvalue weighted by molar-refractivity contribution is 5.65. The van der Waals surface area contributed by atoms with Crippen molar-refractivity contribution in [3.63, 3.8) is 0 Å². The van der Waals surface area contributed by atoms with Crippen LogP contribution in [0.4, 0.5) is 23.7 Å². The molecule has 1 heterocycles. The van der Waals surface area contributed by atoms with Crippen molar-refractivity contribution < 1.29 is 23.1 Å². The minimum Gasteiger partial charge on any atom is -0.465 e. The number of anilines is 1. The van der Waals surface area contributed by atoms with E-state index in [0.717, 1.165) is 5.69 Å². The van der Waals surface area contributed by atoms with Crippen molar-refractivity contribution in [2.45, 2.75) is 43.3 Å². The molecule has 0 unspecified atom stereocenters. The normalized spacial score (nSPS) is 21.1. The largest absolute Gasteiger partial charge is 0.465 e. The number of rotatable bonds is 3. The van der Waals surface area contributed by atoms with Gasteiger partial charge in [-0.2, -0.15) is 13.2 Å². The summed E-state index contributed by atoms with van der Waals surface area (Å²) in [7, 11) is 0. The molecule has 23 heavy (non-hydrogen) atoms. The first-order valence-corrected chi connectivity index (χ1v) is 7.73. The molecular formula is C16H19F3N2O2. The van der Waals surface area contributed by atoms with Crippen LogP contribution in [0.25, 0.3) is 0 Å². The van der Waals surface area contributed by atoms with E-state index in [4.69, 9.17) is 5.11 Å². The molecule has 1 aromatic carbocycles. The lowest BCUT2D eigenvalue weighted by atomic mass is 9.95. The Balaban J connectivity index is 1.60. The standard InChI is InChI=1S/C16H19F3N2O2/c17-16(18,19)15(7-8-15)11-1-3-12(4-2-11)20-13-5-9-21(10-6-13)14(22)23/h1-4,13,20H,5-10H2,(H,22,23). The Kier molecular flexibility index (Phi) is 3.90. The van der Waals surface area contributed by atoms with Gasteiger partial charge in [0.25, 0.3) is 0 Å². The number of amides is 1. The molecule has 0 atom stereocenters. The van der Waals surface area contributed by atoms with Crippen molar-refractivity contribution in [1.29, 1.82) is 0 Å². The maximum absolute atomic E-state index is 13.1. The molecule has 0 bridgehead atoms. The lowest BCUT2D eigenvalue weighted by Gasteiger charge is -2.31. The maximum atomic E-state index is 13.1. The van der Waals surface area contributed by atoms with Gasteiger partial charge in [0.2, 0.25) is 0 Å². The molecule has 0 aromatic heterocycles. The highest BCUT2D eigenvalue weighted by Gasteiger charge is 2.64. The summed E-state index contributed by atoms with van der Waals surface area (Å²) >= 11 is 0. The minimum absolute atomic E-state index is 0.147. The van der Waals surface area contributed by atoms with E-state index in [0.29, 0.717) is 31.5 Å². The predicted octanol–water partition coefficient (Wildman–Crippen LogP) is 3.83. The van der Waals surface area contributed by atoms with Crippen molar-refractivity contribution in [3.05, 3.63) is 29.8 Å². The number of piperidine rings is 1.